The second-order valence-electron chi connectivity index (χ2n) is 4.60. The van der Waals surface area contributed by atoms with Crippen LogP contribution in [0.25, 0.3) is 0 Å². The van der Waals surface area contributed by atoms with E-state index in [1.54, 1.807) is 18.2 Å². The van der Waals surface area contributed by atoms with Gasteiger partial charge in [0.1, 0.15) is 5.82 Å². The van der Waals surface area contributed by atoms with E-state index in [-0.39, 0.29) is 16.0 Å². The maximum Gasteiger partial charge on any atom is 0.238 e. The van der Waals surface area contributed by atoms with E-state index in [1.807, 2.05) is 6.92 Å². The number of hydrogen-bond acceptors (Lipinski definition) is 3. The normalized spacial score (nSPS) is 13.0. The number of primary sulfonamides is 1. The van der Waals surface area contributed by atoms with Crippen LogP contribution >= 0.6 is 11.6 Å². The predicted molar refractivity (Wildman–Crippen MR) is 81.3 cm³/mol. The molecule has 0 spiro atoms. The Morgan fingerprint density at radius 2 is 1.81 bits per heavy atom. The van der Waals surface area contributed by atoms with Gasteiger partial charge in [-0.1, -0.05) is 23.7 Å². The van der Waals surface area contributed by atoms with Crippen molar-refractivity contribution in [2.75, 3.05) is 5.32 Å². The van der Waals surface area contributed by atoms with Crippen molar-refractivity contribution in [2.24, 2.45) is 5.14 Å². The van der Waals surface area contributed by atoms with Gasteiger partial charge in [-0.15, -0.1) is 0 Å². The molecule has 4 nitrogen and oxygen atoms in total. The highest BCUT2D eigenvalue weighted by Crippen LogP contribution is 2.27. The first-order valence-electron chi connectivity index (χ1n) is 6.12. The Bertz CT molecular complexity index is 748. The van der Waals surface area contributed by atoms with Crippen LogP contribution in [0, 0.1) is 5.82 Å². The lowest BCUT2D eigenvalue weighted by atomic mass is 10.1. The summed E-state index contributed by atoms with van der Waals surface area (Å²) in [6.07, 6.45) is 0. The first-order valence-corrected chi connectivity index (χ1v) is 8.04. The minimum absolute atomic E-state index is 0.0539. The summed E-state index contributed by atoms with van der Waals surface area (Å²) in [6.45, 7) is 1.88. The highest BCUT2D eigenvalue weighted by atomic mass is 35.5. The lowest BCUT2D eigenvalue weighted by molar-refractivity contribution is 0.597. The third-order valence-corrected chi connectivity index (χ3v) is 4.25. The molecule has 2 aromatic rings. The smallest absolute Gasteiger partial charge is 0.238 e. The standard InChI is InChI=1S/C14H14ClFN2O2S/c1-9(18-14-7-4-11(16)8-13(14)15)10-2-5-12(6-3-10)21(17,19)20/h2-9,18H,1H3,(H2,17,19,20). The molecule has 1 unspecified atom stereocenters. The predicted octanol–water partition coefficient (Wildman–Crippen LogP) is 3.30. The van der Waals surface area contributed by atoms with Crippen molar-refractivity contribution >= 4 is 27.3 Å². The van der Waals surface area contributed by atoms with Gasteiger partial charge < -0.3 is 5.32 Å². The van der Waals surface area contributed by atoms with Crippen LogP contribution in [0.2, 0.25) is 5.02 Å². The molecule has 0 fully saturated rings. The molecule has 0 aliphatic heterocycles. The van der Waals surface area contributed by atoms with Gasteiger partial charge in [-0.3, -0.25) is 0 Å². The van der Waals surface area contributed by atoms with Crippen molar-refractivity contribution in [3.8, 4) is 0 Å². The minimum Gasteiger partial charge on any atom is -0.377 e. The van der Waals surface area contributed by atoms with Gasteiger partial charge in [0.15, 0.2) is 0 Å². The molecule has 0 aromatic heterocycles. The number of rotatable bonds is 4. The van der Waals surface area contributed by atoms with Gasteiger partial charge in [0.05, 0.1) is 15.6 Å². The van der Waals surface area contributed by atoms with Crippen LogP contribution < -0.4 is 10.5 Å². The Hall–Kier alpha value is -1.63. The van der Waals surface area contributed by atoms with Crippen molar-refractivity contribution in [1.82, 2.24) is 0 Å². The first-order chi connectivity index (χ1) is 9.77. The summed E-state index contributed by atoms with van der Waals surface area (Å²) in [4.78, 5) is 0.0539. The zero-order valence-electron chi connectivity index (χ0n) is 11.2. The number of benzene rings is 2. The Morgan fingerprint density at radius 1 is 1.19 bits per heavy atom. The summed E-state index contributed by atoms with van der Waals surface area (Å²) in [5, 5.41) is 8.46. The quantitative estimate of drug-likeness (QED) is 0.904. The number of nitrogens with two attached hydrogens (primary N) is 1. The van der Waals surface area contributed by atoms with Crippen LogP contribution in [-0.4, -0.2) is 8.42 Å². The number of nitrogens with one attached hydrogen (secondary N) is 1. The van der Waals surface area contributed by atoms with E-state index in [4.69, 9.17) is 16.7 Å². The summed E-state index contributed by atoms with van der Waals surface area (Å²) in [5.41, 5.74) is 1.45. The third-order valence-electron chi connectivity index (χ3n) is 3.01. The van der Waals surface area contributed by atoms with Gasteiger partial charge in [0, 0.05) is 6.04 Å². The number of sulfonamides is 1. The number of hydrogen-bond donors (Lipinski definition) is 2. The maximum absolute atomic E-state index is 13.0. The summed E-state index contributed by atoms with van der Waals surface area (Å²) >= 11 is 5.95. The van der Waals surface area contributed by atoms with Gasteiger partial charge in [-0.05, 0) is 42.8 Å². The first kappa shape index (κ1) is 15.8. The monoisotopic (exact) mass is 328 g/mol. The van der Waals surface area contributed by atoms with E-state index in [2.05, 4.69) is 5.32 Å². The van der Waals surface area contributed by atoms with Gasteiger partial charge in [0.25, 0.3) is 0 Å². The summed E-state index contributed by atoms with van der Waals surface area (Å²) in [7, 11) is -3.70. The fourth-order valence-electron chi connectivity index (χ4n) is 1.87. The maximum atomic E-state index is 13.0. The van der Waals surface area contributed by atoms with Crippen LogP contribution in [0.15, 0.2) is 47.4 Å². The molecule has 0 heterocycles. The number of halogens is 2. The van der Waals surface area contributed by atoms with Crippen molar-refractivity contribution in [3.05, 3.63) is 58.9 Å². The lowest BCUT2D eigenvalue weighted by Gasteiger charge is -2.17. The molecule has 0 aliphatic carbocycles. The second kappa shape index (κ2) is 6.01. The van der Waals surface area contributed by atoms with Crippen LogP contribution in [0.1, 0.15) is 18.5 Å². The largest absolute Gasteiger partial charge is 0.377 e. The van der Waals surface area contributed by atoms with E-state index in [0.29, 0.717) is 5.69 Å². The van der Waals surface area contributed by atoms with E-state index >= 15 is 0 Å². The van der Waals surface area contributed by atoms with Crippen LogP contribution in [-0.2, 0) is 10.0 Å². The highest BCUT2D eigenvalue weighted by molar-refractivity contribution is 7.89. The second-order valence-corrected chi connectivity index (χ2v) is 6.57. The topological polar surface area (TPSA) is 72.2 Å². The van der Waals surface area contributed by atoms with E-state index in [0.717, 1.165) is 5.56 Å². The van der Waals surface area contributed by atoms with Crippen molar-refractivity contribution in [1.29, 1.82) is 0 Å². The fraction of sp³-hybridized carbons (Fsp3) is 0.143. The third kappa shape index (κ3) is 3.93. The molecule has 0 bridgehead atoms. The molecule has 21 heavy (non-hydrogen) atoms. The molecule has 7 heteroatoms. The van der Waals surface area contributed by atoms with Gasteiger partial charge in [-0.2, -0.15) is 0 Å². The zero-order chi connectivity index (χ0) is 15.6. The molecule has 3 N–H and O–H groups in total. The fourth-order valence-corrected chi connectivity index (χ4v) is 2.61. The van der Waals surface area contributed by atoms with Crippen LogP contribution in [0.3, 0.4) is 0 Å². The SMILES string of the molecule is CC(Nc1ccc(F)cc1Cl)c1ccc(S(N)(=O)=O)cc1. The van der Waals surface area contributed by atoms with E-state index < -0.39 is 15.8 Å². The minimum atomic E-state index is -3.70. The number of anilines is 1. The molecule has 112 valence electrons. The molecular formula is C14H14ClFN2O2S. The zero-order valence-corrected chi connectivity index (χ0v) is 12.7. The molecule has 0 aliphatic rings. The van der Waals surface area contributed by atoms with E-state index in [9.17, 15) is 12.8 Å². The molecule has 1 atom stereocenters. The van der Waals surface area contributed by atoms with Crippen molar-refractivity contribution in [3.63, 3.8) is 0 Å². The van der Waals surface area contributed by atoms with Crippen molar-refractivity contribution < 1.29 is 12.8 Å². The molecule has 2 rings (SSSR count). The molecule has 0 saturated heterocycles. The summed E-state index contributed by atoms with van der Waals surface area (Å²) < 4.78 is 35.4. The highest BCUT2D eigenvalue weighted by Gasteiger charge is 2.11. The Labute approximate surface area is 127 Å². The van der Waals surface area contributed by atoms with Crippen LogP contribution in [0.4, 0.5) is 10.1 Å². The molecular weight excluding hydrogens is 315 g/mol. The lowest BCUT2D eigenvalue weighted by Crippen LogP contribution is -2.12. The van der Waals surface area contributed by atoms with Gasteiger partial charge in [0.2, 0.25) is 10.0 Å². The molecule has 0 saturated carbocycles. The summed E-state index contributed by atoms with van der Waals surface area (Å²) in [5.74, 6) is -0.407. The molecule has 0 radical (unpaired) electrons. The molecule has 0 amide bonds. The Balaban J connectivity index is 2.18. The van der Waals surface area contributed by atoms with Crippen LogP contribution in [0.5, 0.6) is 0 Å². The Morgan fingerprint density at radius 3 is 2.33 bits per heavy atom. The van der Waals surface area contributed by atoms with Crippen molar-refractivity contribution in [2.45, 2.75) is 17.9 Å². The van der Waals surface area contributed by atoms with Gasteiger partial charge in [-0.25, -0.2) is 17.9 Å². The average Bonchev–Trinajstić information content (AvgIpc) is 2.41. The summed E-state index contributed by atoms with van der Waals surface area (Å²) in [6, 6.07) is 10.1. The average molecular weight is 329 g/mol. The van der Waals surface area contributed by atoms with E-state index in [1.165, 1.54) is 24.3 Å². The molecule has 2 aromatic carbocycles. The Kier molecular flexibility index (Phi) is 4.51. The van der Waals surface area contributed by atoms with Gasteiger partial charge >= 0.3 is 0 Å².